The first-order valence-electron chi connectivity index (χ1n) is 27.5. The third-order valence-electron chi connectivity index (χ3n) is 13.4. The van der Waals surface area contributed by atoms with Gasteiger partial charge in [0.25, 0.3) is 0 Å². The number of hydrogen-bond acceptors (Lipinski definition) is 11. The molecule has 20 heteroatoms. The van der Waals surface area contributed by atoms with Gasteiger partial charge in [-0.15, -0.1) is 0 Å². The summed E-state index contributed by atoms with van der Waals surface area (Å²) in [5, 5.41) is 28.6. The molecule has 0 aromatic carbocycles. The fraction of sp³-hybridized carbons (Fsp3) is 0.815. The minimum absolute atomic E-state index is 0.0468. The average molecular weight is 1050 g/mol. The van der Waals surface area contributed by atoms with Crippen LogP contribution in [0, 0.1) is 35.5 Å². The normalized spacial score (nSPS) is 24.6. The van der Waals surface area contributed by atoms with Crippen LogP contribution >= 0.6 is 0 Å². The van der Waals surface area contributed by atoms with E-state index in [1.807, 2.05) is 34.6 Å². The molecule has 8 amide bonds. The highest BCUT2D eigenvalue weighted by Crippen LogP contribution is 2.20. The van der Waals surface area contributed by atoms with Gasteiger partial charge in [0, 0.05) is 6.42 Å². The summed E-state index contributed by atoms with van der Waals surface area (Å²) >= 11 is 0. The Morgan fingerprint density at radius 3 is 1.36 bits per heavy atom. The number of nitrogens with two attached hydrogens (primary N) is 1. The Hall–Kier alpha value is -5.30. The number of carbonyl (C=O) groups excluding carboxylic acids is 9. The van der Waals surface area contributed by atoms with E-state index >= 15 is 0 Å². The number of nitrogens with one attached hydrogen (secondary N) is 7. The molecule has 1 aliphatic heterocycles. The molecule has 0 aromatic rings. The molecule has 0 saturated carbocycles. The van der Waals surface area contributed by atoms with E-state index < -0.39 is 132 Å². The van der Waals surface area contributed by atoms with E-state index in [0.717, 1.165) is 38.5 Å². The van der Waals surface area contributed by atoms with Crippen molar-refractivity contribution in [2.45, 2.75) is 247 Å². The summed E-state index contributed by atoms with van der Waals surface area (Å²) in [6.45, 7) is 22.3. The number of rotatable bonds is 25. The highest BCUT2D eigenvalue weighted by Gasteiger charge is 2.38. The number of amides is 8. The van der Waals surface area contributed by atoms with E-state index in [9.17, 15) is 53.1 Å². The van der Waals surface area contributed by atoms with Crippen LogP contribution in [0.1, 0.15) is 199 Å². The predicted octanol–water partition coefficient (Wildman–Crippen LogP) is 4.83. The SMILES string of the molecule is CCC(C)C1NC(=O)C(CC(C)C)NC(=O)C(CC(C)C)NC(=O)C(CCC(N)=O)NC(=O)CC(CCCCCCCCCC(C)C)OC(=O)C(C(C)CC)NC(=O)C(CC(C)C)NC(=O)C(CC(=O)O)NC1=O. The summed E-state index contributed by atoms with van der Waals surface area (Å²) in [6, 6.07) is -9.48. The standard InChI is InChI=1S/C54H96N8O12/c1-13-35(11)46-53(72)60-42(30-45(65)66)50(69)59-41(28-34(9)10)52(71)62-47(36(12)14-2)54(73)74-37(23-21-19-17-15-16-18-20-22-31(3)4)29-44(64)56-38(24-25-43(55)63)48(67)57-39(26-32(5)6)49(68)58-40(27-33(7)8)51(70)61-46/h31-42,46-47H,13-30H2,1-12H3,(H2,55,63)(H,56,64)(H,57,67)(H,58,68)(H,59,69)(H,60,72)(H,61,70)(H,62,71)(H,65,66). The van der Waals surface area contributed by atoms with Gasteiger partial charge < -0.3 is 52.8 Å². The zero-order valence-corrected chi connectivity index (χ0v) is 46.8. The van der Waals surface area contributed by atoms with Crippen LogP contribution in [0.2, 0.25) is 0 Å². The van der Waals surface area contributed by atoms with E-state index in [0.29, 0.717) is 25.2 Å². The first kappa shape index (κ1) is 66.7. The van der Waals surface area contributed by atoms with E-state index in [-0.39, 0.29) is 56.3 Å². The van der Waals surface area contributed by atoms with Gasteiger partial charge in [0.1, 0.15) is 48.4 Å². The zero-order valence-electron chi connectivity index (χ0n) is 46.8. The van der Waals surface area contributed by atoms with Gasteiger partial charge in [0.2, 0.25) is 47.3 Å². The predicted molar refractivity (Wildman–Crippen MR) is 282 cm³/mol. The lowest BCUT2D eigenvalue weighted by Gasteiger charge is -2.30. The third kappa shape index (κ3) is 26.8. The molecule has 1 rings (SSSR count). The van der Waals surface area contributed by atoms with Crippen molar-refractivity contribution in [2.24, 2.45) is 41.2 Å². The topological polar surface area (TPSA) is 310 Å². The van der Waals surface area contributed by atoms with E-state index in [4.69, 9.17) is 10.5 Å². The van der Waals surface area contributed by atoms with Crippen molar-refractivity contribution in [3.05, 3.63) is 0 Å². The van der Waals surface area contributed by atoms with Crippen LogP contribution in [-0.2, 0) is 52.7 Å². The number of cyclic esters (lactones) is 1. The summed E-state index contributed by atoms with van der Waals surface area (Å²) < 4.78 is 6.09. The first-order chi connectivity index (χ1) is 34.7. The third-order valence-corrected chi connectivity index (χ3v) is 13.4. The second kappa shape index (κ2) is 35.0. The van der Waals surface area contributed by atoms with Gasteiger partial charge in [-0.25, -0.2) is 4.79 Å². The van der Waals surface area contributed by atoms with Crippen molar-refractivity contribution < 1.29 is 57.8 Å². The monoisotopic (exact) mass is 1050 g/mol. The van der Waals surface area contributed by atoms with Crippen LogP contribution in [0.5, 0.6) is 0 Å². The summed E-state index contributed by atoms with van der Waals surface area (Å²) in [5.41, 5.74) is 5.50. The second-order valence-electron chi connectivity index (χ2n) is 22.3. The molecule has 0 spiro atoms. The molecule has 1 aliphatic rings. The molecule has 1 saturated heterocycles. The Labute approximate surface area is 441 Å². The van der Waals surface area contributed by atoms with Crippen LogP contribution in [0.25, 0.3) is 0 Å². The lowest BCUT2D eigenvalue weighted by Crippen LogP contribution is -2.61. The fourth-order valence-corrected chi connectivity index (χ4v) is 8.71. The largest absolute Gasteiger partial charge is 0.481 e. The minimum atomic E-state index is -1.72. The maximum absolute atomic E-state index is 14.3. The summed E-state index contributed by atoms with van der Waals surface area (Å²) in [4.78, 5) is 138. The Kier molecular flexibility index (Phi) is 31.6. The molecule has 1 fully saturated rings. The first-order valence-corrected chi connectivity index (χ1v) is 27.5. The van der Waals surface area contributed by atoms with Gasteiger partial charge in [-0.1, -0.05) is 141 Å². The van der Waals surface area contributed by atoms with Crippen molar-refractivity contribution in [1.29, 1.82) is 0 Å². The van der Waals surface area contributed by atoms with E-state index in [1.54, 1.807) is 34.6 Å². The molecule has 0 aromatic heterocycles. The van der Waals surface area contributed by atoms with E-state index in [1.165, 1.54) is 6.42 Å². The Balaban J connectivity index is 4.00. The quantitative estimate of drug-likeness (QED) is 0.0439. The van der Waals surface area contributed by atoms with Crippen LogP contribution in [-0.4, -0.2) is 113 Å². The number of aliphatic carboxylic acids is 1. The maximum Gasteiger partial charge on any atom is 0.329 e. The van der Waals surface area contributed by atoms with Gasteiger partial charge in [0.15, 0.2) is 0 Å². The summed E-state index contributed by atoms with van der Waals surface area (Å²) in [6.07, 6.45) is 6.23. The Morgan fingerprint density at radius 2 is 0.919 bits per heavy atom. The molecule has 20 nitrogen and oxygen atoms in total. The van der Waals surface area contributed by atoms with Crippen molar-refractivity contribution in [3.63, 3.8) is 0 Å². The molecule has 74 heavy (non-hydrogen) atoms. The van der Waals surface area contributed by atoms with Crippen molar-refractivity contribution >= 4 is 59.2 Å². The fourth-order valence-electron chi connectivity index (χ4n) is 8.71. The number of carbonyl (C=O) groups is 10. The summed E-state index contributed by atoms with van der Waals surface area (Å²) in [7, 11) is 0. The Bertz CT molecular complexity index is 1830. The highest BCUT2D eigenvalue weighted by molar-refractivity contribution is 5.98. The summed E-state index contributed by atoms with van der Waals surface area (Å²) in [5.74, 6) is -9.66. The van der Waals surface area contributed by atoms with Crippen molar-refractivity contribution in [3.8, 4) is 0 Å². The Morgan fingerprint density at radius 1 is 0.514 bits per heavy atom. The van der Waals surface area contributed by atoms with Gasteiger partial charge in [-0.05, 0) is 74.0 Å². The van der Waals surface area contributed by atoms with Gasteiger partial charge in [0.05, 0.1) is 12.8 Å². The molecule has 0 radical (unpaired) electrons. The number of ether oxygens (including phenoxy) is 1. The van der Waals surface area contributed by atoms with Gasteiger partial charge in [-0.3, -0.25) is 43.2 Å². The molecule has 10 unspecified atom stereocenters. The van der Waals surface area contributed by atoms with Gasteiger partial charge >= 0.3 is 11.9 Å². The van der Waals surface area contributed by atoms with Crippen molar-refractivity contribution in [1.82, 2.24) is 37.2 Å². The number of hydrogen-bond donors (Lipinski definition) is 9. The molecule has 10 N–H and O–H groups in total. The molecular weight excluding hydrogens is 953 g/mol. The highest BCUT2D eigenvalue weighted by atomic mass is 16.5. The number of esters is 1. The van der Waals surface area contributed by atoms with Crippen molar-refractivity contribution in [2.75, 3.05) is 0 Å². The molecular formula is C54H96N8O12. The van der Waals surface area contributed by atoms with Crippen LogP contribution in [0.15, 0.2) is 0 Å². The number of unbranched alkanes of at least 4 members (excludes halogenated alkanes) is 6. The lowest BCUT2D eigenvalue weighted by molar-refractivity contribution is -0.156. The molecule has 1 heterocycles. The second-order valence-corrected chi connectivity index (χ2v) is 22.3. The van der Waals surface area contributed by atoms with Crippen LogP contribution in [0.3, 0.4) is 0 Å². The van der Waals surface area contributed by atoms with Crippen LogP contribution in [0.4, 0.5) is 0 Å². The molecule has 10 atom stereocenters. The van der Waals surface area contributed by atoms with Crippen LogP contribution < -0.4 is 43.0 Å². The molecule has 424 valence electrons. The van der Waals surface area contributed by atoms with Gasteiger partial charge in [-0.2, -0.15) is 0 Å². The number of carboxylic acids is 1. The number of primary amides is 1. The number of carboxylic acid groups (broad SMARTS) is 1. The minimum Gasteiger partial charge on any atom is -0.481 e. The average Bonchev–Trinajstić information content (AvgIpc) is 3.30. The smallest absolute Gasteiger partial charge is 0.329 e. The maximum atomic E-state index is 14.3. The molecule has 0 aliphatic carbocycles. The molecule has 0 bridgehead atoms. The zero-order chi connectivity index (χ0) is 56.2. The van der Waals surface area contributed by atoms with E-state index in [2.05, 4.69) is 51.1 Å². The lowest BCUT2D eigenvalue weighted by atomic mass is 9.95.